The third-order valence-corrected chi connectivity index (χ3v) is 4.29. The molecule has 2 aliphatic rings. The van der Waals surface area contributed by atoms with E-state index in [0.717, 1.165) is 38.3 Å². The van der Waals surface area contributed by atoms with E-state index in [1.54, 1.807) is 0 Å². The van der Waals surface area contributed by atoms with Gasteiger partial charge in [-0.2, -0.15) is 0 Å². The van der Waals surface area contributed by atoms with E-state index >= 15 is 0 Å². The van der Waals surface area contributed by atoms with Crippen molar-refractivity contribution in [2.24, 2.45) is 5.92 Å². The van der Waals surface area contributed by atoms with Crippen LogP contribution >= 0.6 is 0 Å². The molecule has 2 N–H and O–H groups in total. The van der Waals surface area contributed by atoms with Crippen molar-refractivity contribution < 1.29 is 4.79 Å². The third-order valence-electron chi connectivity index (χ3n) is 4.29. The second-order valence-corrected chi connectivity index (χ2v) is 5.77. The second-order valence-electron chi connectivity index (χ2n) is 5.77. The average Bonchev–Trinajstić information content (AvgIpc) is 3.03. The number of nitrogens with one attached hydrogen (secondary N) is 2. The molecule has 108 valence electrons. The lowest BCUT2D eigenvalue weighted by molar-refractivity contribution is -0.119. The zero-order chi connectivity index (χ0) is 13.8. The Bertz CT molecular complexity index is 445. The van der Waals surface area contributed by atoms with Gasteiger partial charge in [0.1, 0.15) is 0 Å². The summed E-state index contributed by atoms with van der Waals surface area (Å²) in [5.41, 5.74) is 2.17. The van der Waals surface area contributed by atoms with Crippen molar-refractivity contribution in [1.29, 1.82) is 0 Å². The van der Waals surface area contributed by atoms with Crippen LogP contribution in [-0.4, -0.2) is 32.1 Å². The lowest BCUT2D eigenvalue weighted by atomic mass is 10.1. The van der Waals surface area contributed by atoms with E-state index in [9.17, 15) is 4.79 Å². The minimum atomic E-state index is 0.122. The number of anilines is 2. The highest BCUT2D eigenvalue weighted by atomic mass is 16.1. The Morgan fingerprint density at radius 3 is 2.55 bits per heavy atom. The van der Waals surface area contributed by atoms with Crippen LogP contribution in [0.15, 0.2) is 24.3 Å². The molecule has 1 aromatic rings. The smallest absolute Gasteiger partial charge is 0.228 e. The van der Waals surface area contributed by atoms with E-state index in [1.165, 1.54) is 24.9 Å². The zero-order valence-electron chi connectivity index (χ0n) is 11.9. The molecule has 0 spiro atoms. The summed E-state index contributed by atoms with van der Waals surface area (Å²) in [6.07, 6.45) is 4.86. The largest absolute Gasteiger partial charge is 0.372 e. The number of carbonyl (C=O) groups is 1. The van der Waals surface area contributed by atoms with Crippen LogP contribution in [0.1, 0.15) is 25.7 Å². The van der Waals surface area contributed by atoms with E-state index < -0.39 is 0 Å². The highest BCUT2D eigenvalue weighted by Crippen LogP contribution is 2.22. The van der Waals surface area contributed by atoms with E-state index in [4.69, 9.17) is 0 Å². The molecule has 2 fully saturated rings. The first kappa shape index (κ1) is 13.4. The molecule has 20 heavy (non-hydrogen) atoms. The summed E-state index contributed by atoms with van der Waals surface area (Å²) in [5.74, 6) is 0.262. The summed E-state index contributed by atoms with van der Waals surface area (Å²) in [5, 5.41) is 6.24. The molecule has 2 heterocycles. The quantitative estimate of drug-likeness (QED) is 0.887. The lowest BCUT2D eigenvalue weighted by Crippen LogP contribution is -2.29. The van der Waals surface area contributed by atoms with Crippen LogP contribution in [0.5, 0.6) is 0 Å². The molecule has 0 saturated carbocycles. The summed E-state index contributed by atoms with van der Waals surface area (Å²) in [7, 11) is 0. The first-order chi connectivity index (χ1) is 9.83. The monoisotopic (exact) mass is 273 g/mol. The van der Waals surface area contributed by atoms with Crippen molar-refractivity contribution in [3.63, 3.8) is 0 Å². The van der Waals surface area contributed by atoms with E-state index in [1.807, 2.05) is 12.1 Å². The van der Waals surface area contributed by atoms with Crippen molar-refractivity contribution in [3.8, 4) is 0 Å². The molecule has 2 aliphatic heterocycles. The SMILES string of the molecule is O=C(Nc1ccc(N2CCCCC2)cc1)C1CCNC1. The minimum absolute atomic E-state index is 0.122. The van der Waals surface area contributed by atoms with Crippen LogP contribution in [0.2, 0.25) is 0 Å². The lowest BCUT2D eigenvalue weighted by Gasteiger charge is -2.28. The summed E-state index contributed by atoms with van der Waals surface area (Å²) >= 11 is 0. The molecule has 3 rings (SSSR count). The summed E-state index contributed by atoms with van der Waals surface area (Å²) in [6, 6.07) is 8.27. The van der Waals surface area contributed by atoms with Gasteiger partial charge >= 0.3 is 0 Å². The Kier molecular flexibility index (Phi) is 4.21. The molecule has 0 bridgehead atoms. The molecule has 2 saturated heterocycles. The van der Waals surface area contributed by atoms with Crippen molar-refractivity contribution in [2.75, 3.05) is 36.4 Å². The molecule has 0 aliphatic carbocycles. The zero-order valence-corrected chi connectivity index (χ0v) is 11.9. The van der Waals surface area contributed by atoms with E-state index in [-0.39, 0.29) is 11.8 Å². The highest BCUT2D eigenvalue weighted by molar-refractivity contribution is 5.93. The fourth-order valence-electron chi connectivity index (χ4n) is 3.03. The number of amides is 1. The molecular formula is C16H23N3O. The van der Waals surface area contributed by atoms with E-state index in [2.05, 4.69) is 27.7 Å². The Balaban J connectivity index is 1.59. The predicted molar refractivity (Wildman–Crippen MR) is 82.1 cm³/mol. The van der Waals surface area contributed by atoms with Gasteiger partial charge in [0.2, 0.25) is 5.91 Å². The third kappa shape index (κ3) is 3.12. The van der Waals surface area contributed by atoms with E-state index in [0.29, 0.717) is 0 Å². The van der Waals surface area contributed by atoms with Crippen LogP contribution in [0, 0.1) is 5.92 Å². The Morgan fingerprint density at radius 1 is 1.15 bits per heavy atom. The van der Waals surface area contributed by atoms with Crippen molar-refractivity contribution >= 4 is 17.3 Å². The van der Waals surface area contributed by atoms with Gasteiger partial charge in [-0.3, -0.25) is 4.79 Å². The van der Waals surface area contributed by atoms with Gasteiger partial charge < -0.3 is 15.5 Å². The van der Waals surface area contributed by atoms with Crippen LogP contribution in [0.3, 0.4) is 0 Å². The summed E-state index contributed by atoms with van der Waals surface area (Å²) < 4.78 is 0. The van der Waals surface area contributed by atoms with Crippen LogP contribution in [0.25, 0.3) is 0 Å². The molecule has 1 unspecified atom stereocenters. The number of hydrogen-bond donors (Lipinski definition) is 2. The van der Waals surface area contributed by atoms with Gasteiger partial charge in [-0.15, -0.1) is 0 Å². The van der Waals surface area contributed by atoms with Crippen molar-refractivity contribution in [1.82, 2.24) is 5.32 Å². The first-order valence-electron chi connectivity index (χ1n) is 7.69. The Hall–Kier alpha value is -1.55. The standard InChI is InChI=1S/C16H23N3O/c20-16(13-8-9-17-12-13)18-14-4-6-15(7-5-14)19-10-2-1-3-11-19/h4-7,13,17H,1-3,8-12H2,(H,18,20). The van der Waals surface area contributed by atoms with Gasteiger partial charge in [0, 0.05) is 31.0 Å². The number of hydrogen-bond acceptors (Lipinski definition) is 3. The van der Waals surface area contributed by atoms with Crippen LogP contribution < -0.4 is 15.5 Å². The average molecular weight is 273 g/mol. The van der Waals surface area contributed by atoms with Gasteiger partial charge in [-0.05, 0) is 56.5 Å². The van der Waals surface area contributed by atoms with Gasteiger partial charge in [0.25, 0.3) is 0 Å². The van der Waals surface area contributed by atoms with Crippen molar-refractivity contribution in [3.05, 3.63) is 24.3 Å². The Morgan fingerprint density at radius 2 is 1.90 bits per heavy atom. The maximum absolute atomic E-state index is 12.0. The fraction of sp³-hybridized carbons (Fsp3) is 0.562. The number of benzene rings is 1. The highest BCUT2D eigenvalue weighted by Gasteiger charge is 2.22. The molecule has 4 heteroatoms. The van der Waals surface area contributed by atoms with Gasteiger partial charge in [0.15, 0.2) is 0 Å². The topological polar surface area (TPSA) is 44.4 Å². The first-order valence-corrected chi connectivity index (χ1v) is 7.69. The summed E-state index contributed by atoms with van der Waals surface area (Å²) in [4.78, 5) is 14.5. The number of piperidine rings is 1. The molecular weight excluding hydrogens is 250 g/mol. The Labute approximate surface area is 120 Å². The molecule has 1 aromatic carbocycles. The molecule has 0 aromatic heterocycles. The predicted octanol–water partition coefficient (Wildman–Crippen LogP) is 2.22. The fourth-order valence-corrected chi connectivity index (χ4v) is 3.03. The number of nitrogens with zero attached hydrogens (tertiary/aromatic N) is 1. The van der Waals surface area contributed by atoms with Gasteiger partial charge in [-0.1, -0.05) is 0 Å². The van der Waals surface area contributed by atoms with Crippen LogP contribution in [0.4, 0.5) is 11.4 Å². The second kappa shape index (κ2) is 6.27. The minimum Gasteiger partial charge on any atom is -0.372 e. The number of rotatable bonds is 3. The number of carbonyl (C=O) groups excluding carboxylic acids is 1. The maximum Gasteiger partial charge on any atom is 0.228 e. The summed E-state index contributed by atoms with van der Waals surface area (Å²) in [6.45, 7) is 4.06. The maximum atomic E-state index is 12.0. The van der Waals surface area contributed by atoms with Crippen molar-refractivity contribution in [2.45, 2.75) is 25.7 Å². The molecule has 1 amide bonds. The molecule has 4 nitrogen and oxygen atoms in total. The van der Waals surface area contributed by atoms with Crippen LogP contribution in [-0.2, 0) is 4.79 Å². The van der Waals surface area contributed by atoms with Gasteiger partial charge in [-0.25, -0.2) is 0 Å². The van der Waals surface area contributed by atoms with Gasteiger partial charge in [0.05, 0.1) is 5.92 Å². The molecule has 1 atom stereocenters. The normalized spacial score (nSPS) is 22.8. The molecule has 0 radical (unpaired) electrons.